The number of rotatable bonds is 7. The molecule has 0 heterocycles. The molecule has 0 saturated heterocycles. The first-order valence-electron chi connectivity index (χ1n) is 8.01. The lowest BCUT2D eigenvalue weighted by molar-refractivity contribution is -0.113. The third kappa shape index (κ3) is 4.73. The van der Waals surface area contributed by atoms with Crippen LogP contribution in [0.25, 0.3) is 10.8 Å². The summed E-state index contributed by atoms with van der Waals surface area (Å²) >= 11 is 1.47. The first-order chi connectivity index (χ1) is 12.6. The van der Waals surface area contributed by atoms with Gasteiger partial charge in [-0.15, -0.1) is 11.8 Å². The predicted octanol–water partition coefficient (Wildman–Crippen LogP) is 5.31. The zero-order valence-electron chi connectivity index (χ0n) is 13.8. The van der Waals surface area contributed by atoms with Crippen molar-refractivity contribution in [3.05, 3.63) is 72.3 Å². The van der Waals surface area contributed by atoms with Gasteiger partial charge in [-0.05, 0) is 28.5 Å². The summed E-state index contributed by atoms with van der Waals surface area (Å²) in [5.41, 5.74) is 1.39. The quantitative estimate of drug-likeness (QED) is 0.610. The summed E-state index contributed by atoms with van der Waals surface area (Å²) in [6, 6.07) is 20.3. The van der Waals surface area contributed by atoms with Crippen LogP contribution in [0.2, 0.25) is 0 Å². The lowest BCUT2D eigenvalue weighted by atomic mass is 10.1. The molecule has 0 radical (unpaired) electrons. The topological polar surface area (TPSA) is 38.3 Å². The Bertz CT molecular complexity index is 896. The lowest BCUT2D eigenvalue weighted by Gasteiger charge is -2.11. The van der Waals surface area contributed by atoms with E-state index in [9.17, 15) is 13.6 Å². The number of anilines is 1. The van der Waals surface area contributed by atoms with Crippen molar-refractivity contribution in [3.8, 4) is 5.75 Å². The number of carbonyl (C=O) groups excluding carboxylic acids is 1. The van der Waals surface area contributed by atoms with Gasteiger partial charge in [0.05, 0.1) is 11.4 Å². The fourth-order valence-corrected chi connectivity index (χ4v) is 3.46. The number of benzene rings is 3. The molecule has 0 saturated carbocycles. The van der Waals surface area contributed by atoms with Gasteiger partial charge in [0.25, 0.3) is 0 Å². The zero-order valence-corrected chi connectivity index (χ0v) is 14.6. The number of halogens is 2. The number of para-hydroxylation sites is 2. The van der Waals surface area contributed by atoms with Crippen LogP contribution in [0.5, 0.6) is 5.75 Å². The number of ether oxygens (including phenoxy) is 1. The summed E-state index contributed by atoms with van der Waals surface area (Å²) in [6.07, 6.45) is 0. The molecule has 0 aliphatic carbocycles. The summed E-state index contributed by atoms with van der Waals surface area (Å²) in [7, 11) is 0. The summed E-state index contributed by atoms with van der Waals surface area (Å²) in [5.74, 6) is 0.589. The number of amides is 1. The largest absolute Gasteiger partial charge is 0.433 e. The van der Waals surface area contributed by atoms with Gasteiger partial charge in [-0.3, -0.25) is 4.79 Å². The molecule has 0 fully saturated rings. The molecule has 0 unspecified atom stereocenters. The highest BCUT2D eigenvalue weighted by Gasteiger charge is 2.11. The molecule has 134 valence electrons. The maximum atomic E-state index is 12.4. The highest BCUT2D eigenvalue weighted by Crippen LogP contribution is 2.26. The molecule has 3 aromatic rings. The van der Waals surface area contributed by atoms with Gasteiger partial charge in [0.1, 0.15) is 5.75 Å². The van der Waals surface area contributed by atoms with Gasteiger partial charge in [0, 0.05) is 5.75 Å². The van der Waals surface area contributed by atoms with Gasteiger partial charge < -0.3 is 10.1 Å². The second-order valence-corrected chi connectivity index (χ2v) is 6.54. The number of thioether (sulfide) groups is 1. The highest BCUT2D eigenvalue weighted by atomic mass is 32.2. The van der Waals surface area contributed by atoms with Gasteiger partial charge in [0.15, 0.2) is 0 Å². The average molecular weight is 373 g/mol. The fraction of sp³-hybridized carbons (Fsp3) is 0.150. The second kappa shape index (κ2) is 8.67. The van der Waals surface area contributed by atoms with E-state index >= 15 is 0 Å². The Balaban J connectivity index is 1.58. The van der Waals surface area contributed by atoms with Crippen LogP contribution >= 0.6 is 11.8 Å². The third-order valence-corrected chi connectivity index (χ3v) is 4.73. The van der Waals surface area contributed by atoms with Crippen molar-refractivity contribution in [2.24, 2.45) is 0 Å². The molecule has 0 atom stereocenters. The minimum absolute atomic E-state index is 0.0464. The van der Waals surface area contributed by atoms with Crippen molar-refractivity contribution in [2.75, 3.05) is 11.1 Å². The van der Waals surface area contributed by atoms with Gasteiger partial charge in [0.2, 0.25) is 5.91 Å². The minimum Gasteiger partial charge on any atom is -0.433 e. The minimum atomic E-state index is -2.94. The van der Waals surface area contributed by atoms with E-state index < -0.39 is 6.61 Å². The summed E-state index contributed by atoms with van der Waals surface area (Å²) in [4.78, 5) is 12.1. The molecule has 0 aromatic heterocycles. The van der Waals surface area contributed by atoms with E-state index in [1.807, 2.05) is 24.3 Å². The monoisotopic (exact) mass is 373 g/mol. The molecule has 1 N–H and O–H groups in total. The molecule has 0 aliphatic rings. The van der Waals surface area contributed by atoms with Crippen molar-refractivity contribution in [3.63, 3.8) is 0 Å². The number of hydrogen-bond acceptors (Lipinski definition) is 3. The van der Waals surface area contributed by atoms with Crippen LogP contribution in [-0.2, 0) is 10.5 Å². The number of nitrogens with one attached hydrogen (secondary N) is 1. The molecule has 3 aromatic carbocycles. The maximum absolute atomic E-state index is 12.4. The van der Waals surface area contributed by atoms with Crippen LogP contribution < -0.4 is 10.1 Å². The van der Waals surface area contributed by atoms with Crippen LogP contribution in [0.1, 0.15) is 5.56 Å². The number of hydrogen-bond donors (Lipinski definition) is 1. The Morgan fingerprint density at radius 3 is 2.58 bits per heavy atom. The van der Waals surface area contributed by atoms with Crippen LogP contribution in [-0.4, -0.2) is 18.3 Å². The Kier molecular flexibility index (Phi) is 6.07. The van der Waals surface area contributed by atoms with E-state index in [2.05, 4.69) is 28.3 Å². The summed E-state index contributed by atoms with van der Waals surface area (Å²) in [6.45, 7) is -2.94. The van der Waals surface area contributed by atoms with Crippen LogP contribution in [0, 0.1) is 0 Å². The van der Waals surface area contributed by atoms with E-state index in [4.69, 9.17) is 0 Å². The van der Waals surface area contributed by atoms with Crippen LogP contribution in [0.4, 0.5) is 14.5 Å². The molecular weight excluding hydrogens is 356 g/mol. The van der Waals surface area contributed by atoms with Crippen molar-refractivity contribution >= 4 is 34.1 Å². The fourth-order valence-electron chi connectivity index (χ4n) is 2.63. The summed E-state index contributed by atoms with van der Waals surface area (Å²) < 4.78 is 29.2. The predicted molar refractivity (Wildman–Crippen MR) is 102 cm³/mol. The first-order valence-corrected chi connectivity index (χ1v) is 9.17. The van der Waals surface area contributed by atoms with Crippen LogP contribution in [0.3, 0.4) is 0 Å². The lowest BCUT2D eigenvalue weighted by Crippen LogP contribution is -2.15. The van der Waals surface area contributed by atoms with E-state index in [1.165, 1.54) is 29.3 Å². The van der Waals surface area contributed by atoms with Crippen molar-refractivity contribution in [2.45, 2.75) is 12.4 Å². The standard InChI is InChI=1S/C20H17F2NO2S/c21-20(22)25-18-11-4-3-10-17(18)23-19(24)13-26-12-15-8-5-7-14-6-1-2-9-16(14)15/h1-11,20H,12-13H2,(H,23,24). The van der Waals surface area contributed by atoms with Gasteiger partial charge in [-0.1, -0.05) is 54.6 Å². The van der Waals surface area contributed by atoms with E-state index in [1.54, 1.807) is 12.1 Å². The van der Waals surface area contributed by atoms with Crippen molar-refractivity contribution < 1.29 is 18.3 Å². The van der Waals surface area contributed by atoms with Crippen molar-refractivity contribution in [1.82, 2.24) is 0 Å². The molecule has 0 bridgehead atoms. The average Bonchev–Trinajstić information content (AvgIpc) is 2.63. The molecule has 0 aliphatic heterocycles. The molecule has 3 nitrogen and oxygen atoms in total. The third-order valence-electron chi connectivity index (χ3n) is 3.75. The van der Waals surface area contributed by atoms with Gasteiger partial charge in [-0.2, -0.15) is 8.78 Å². The van der Waals surface area contributed by atoms with Gasteiger partial charge in [-0.25, -0.2) is 0 Å². The Morgan fingerprint density at radius 2 is 1.73 bits per heavy atom. The number of carbonyl (C=O) groups is 1. The summed E-state index contributed by atoms with van der Waals surface area (Å²) in [5, 5.41) is 4.95. The molecule has 0 spiro atoms. The second-order valence-electron chi connectivity index (χ2n) is 5.55. The Hall–Kier alpha value is -2.60. The Morgan fingerprint density at radius 1 is 1.00 bits per heavy atom. The molecule has 3 rings (SSSR count). The maximum Gasteiger partial charge on any atom is 0.387 e. The van der Waals surface area contributed by atoms with Gasteiger partial charge >= 0.3 is 6.61 Å². The van der Waals surface area contributed by atoms with Crippen molar-refractivity contribution in [1.29, 1.82) is 0 Å². The smallest absolute Gasteiger partial charge is 0.387 e. The van der Waals surface area contributed by atoms with E-state index in [-0.39, 0.29) is 23.1 Å². The van der Waals surface area contributed by atoms with Crippen LogP contribution in [0.15, 0.2) is 66.7 Å². The normalized spacial score (nSPS) is 10.9. The SMILES string of the molecule is O=C(CSCc1cccc2ccccc12)Nc1ccccc1OC(F)F. The van der Waals surface area contributed by atoms with E-state index in [0.29, 0.717) is 5.75 Å². The first kappa shape index (κ1) is 18.2. The molecule has 6 heteroatoms. The zero-order chi connectivity index (χ0) is 18.4. The molecular formula is C20H17F2NO2S. The number of fused-ring (bicyclic) bond motifs is 1. The highest BCUT2D eigenvalue weighted by molar-refractivity contribution is 7.99. The van der Waals surface area contributed by atoms with E-state index in [0.717, 1.165) is 10.9 Å². The Labute approximate surface area is 154 Å². The number of alkyl halides is 2. The molecule has 1 amide bonds. The molecule has 26 heavy (non-hydrogen) atoms.